The fraction of sp³-hybridized carbons (Fsp3) is 0.500. The monoisotopic (exact) mass is 304 g/mol. The van der Waals surface area contributed by atoms with Gasteiger partial charge in [-0.25, -0.2) is 8.78 Å². The normalized spacial score (nSPS) is 19.3. The summed E-state index contributed by atoms with van der Waals surface area (Å²) in [6.45, 7) is 1.71. The first kappa shape index (κ1) is 12.9. The highest BCUT2D eigenvalue weighted by Gasteiger charge is 2.27. The number of hydrogen-bond acceptors (Lipinski definition) is 2. The summed E-state index contributed by atoms with van der Waals surface area (Å²) in [7, 11) is 0. The van der Waals surface area contributed by atoms with E-state index in [1.54, 1.807) is 0 Å². The third-order valence-electron chi connectivity index (χ3n) is 3.30. The van der Waals surface area contributed by atoms with Gasteiger partial charge in [0.25, 0.3) is 0 Å². The van der Waals surface area contributed by atoms with Crippen molar-refractivity contribution < 1.29 is 8.78 Å². The number of benzene rings is 1. The molecule has 1 atom stereocenters. The van der Waals surface area contributed by atoms with Crippen molar-refractivity contribution in [3.05, 3.63) is 33.8 Å². The number of nitrogens with one attached hydrogen (secondary N) is 1. The molecule has 0 unspecified atom stereocenters. The molecule has 94 valence electrons. The highest BCUT2D eigenvalue weighted by atomic mass is 79.9. The molecule has 1 aliphatic heterocycles. The molecule has 1 aliphatic rings. The lowest BCUT2D eigenvalue weighted by molar-refractivity contribution is 0.310. The largest absolute Gasteiger partial charge is 0.324 e. The van der Waals surface area contributed by atoms with Gasteiger partial charge in [0.1, 0.15) is 11.6 Å². The second-order valence-electron chi connectivity index (χ2n) is 4.37. The molecule has 1 aromatic carbocycles. The molecule has 1 heterocycles. The van der Waals surface area contributed by atoms with Crippen LogP contribution < -0.4 is 11.1 Å². The predicted molar refractivity (Wildman–Crippen MR) is 66.6 cm³/mol. The standard InChI is InChI=1S/C12H15BrF2N2/c13-8-1-2-9(14)10(11(8)15)12(16)7-3-5-17-6-4-7/h1-2,7,12,17H,3-6,16H2/t12-/m1/s1. The summed E-state index contributed by atoms with van der Waals surface area (Å²) < 4.78 is 27.8. The van der Waals surface area contributed by atoms with Crippen LogP contribution in [0.15, 0.2) is 16.6 Å². The van der Waals surface area contributed by atoms with Gasteiger partial charge >= 0.3 is 0 Å². The summed E-state index contributed by atoms with van der Waals surface area (Å²) >= 11 is 3.06. The van der Waals surface area contributed by atoms with Crippen LogP contribution in [0.3, 0.4) is 0 Å². The van der Waals surface area contributed by atoms with E-state index in [1.807, 2.05) is 0 Å². The minimum atomic E-state index is -0.574. The first-order valence-corrected chi connectivity index (χ1v) is 6.50. The lowest BCUT2D eigenvalue weighted by Crippen LogP contribution is -2.34. The van der Waals surface area contributed by atoms with Crippen molar-refractivity contribution in [2.45, 2.75) is 18.9 Å². The molecule has 17 heavy (non-hydrogen) atoms. The van der Waals surface area contributed by atoms with Crippen LogP contribution in [0.1, 0.15) is 24.4 Å². The summed E-state index contributed by atoms with van der Waals surface area (Å²) in [6, 6.07) is 2.04. The summed E-state index contributed by atoms with van der Waals surface area (Å²) in [5.41, 5.74) is 6.02. The minimum absolute atomic E-state index is 0.00581. The van der Waals surface area contributed by atoms with E-state index in [1.165, 1.54) is 12.1 Å². The fourth-order valence-corrected chi connectivity index (χ4v) is 2.63. The van der Waals surface area contributed by atoms with Gasteiger partial charge in [-0.3, -0.25) is 0 Å². The molecule has 0 radical (unpaired) electrons. The molecule has 0 saturated carbocycles. The van der Waals surface area contributed by atoms with Gasteiger partial charge in [0.05, 0.1) is 4.47 Å². The number of rotatable bonds is 2. The van der Waals surface area contributed by atoms with Crippen LogP contribution in [0.4, 0.5) is 8.78 Å². The van der Waals surface area contributed by atoms with E-state index in [4.69, 9.17) is 5.73 Å². The number of piperidine rings is 1. The van der Waals surface area contributed by atoms with Crippen molar-refractivity contribution in [3.63, 3.8) is 0 Å². The summed E-state index contributed by atoms with van der Waals surface area (Å²) in [5.74, 6) is -0.998. The van der Waals surface area contributed by atoms with Crippen LogP contribution in [-0.4, -0.2) is 13.1 Å². The van der Waals surface area contributed by atoms with E-state index in [-0.39, 0.29) is 16.0 Å². The second-order valence-corrected chi connectivity index (χ2v) is 5.22. The van der Waals surface area contributed by atoms with Gasteiger partial charge in [-0.1, -0.05) is 0 Å². The molecule has 0 aromatic heterocycles. The van der Waals surface area contributed by atoms with E-state index in [0.717, 1.165) is 25.9 Å². The Balaban J connectivity index is 2.29. The highest BCUT2D eigenvalue weighted by Crippen LogP contribution is 2.32. The molecule has 1 aromatic rings. The summed E-state index contributed by atoms with van der Waals surface area (Å²) in [6.07, 6.45) is 1.71. The quantitative estimate of drug-likeness (QED) is 0.825. The first-order chi connectivity index (χ1) is 8.11. The van der Waals surface area contributed by atoms with Crippen molar-refractivity contribution in [2.24, 2.45) is 11.7 Å². The molecule has 1 fully saturated rings. The number of hydrogen-bond donors (Lipinski definition) is 2. The molecule has 2 rings (SSSR count). The van der Waals surface area contributed by atoms with E-state index in [2.05, 4.69) is 21.2 Å². The second kappa shape index (κ2) is 5.42. The van der Waals surface area contributed by atoms with Crippen molar-refractivity contribution in [1.29, 1.82) is 0 Å². The van der Waals surface area contributed by atoms with Crippen LogP contribution in [0.25, 0.3) is 0 Å². The maximum atomic E-state index is 13.9. The van der Waals surface area contributed by atoms with E-state index < -0.39 is 17.7 Å². The highest BCUT2D eigenvalue weighted by molar-refractivity contribution is 9.10. The third kappa shape index (κ3) is 2.67. The maximum Gasteiger partial charge on any atom is 0.145 e. The first-order valence-electron chi connectivity index (χ1n) is 5.71. The predicted octanol–water partition coefficient (Wildman–Crippen LogP) is 2.73. The third-order valence-corrected chi connectivity index (χ3v) is 3.92. The lowest BCUT2D eigenvalue weighted by Gasteiger charge is -2.28. The fourth-order valence-electron chi connectivity index (χ4n) is 2.29. The van der Waals surface area contributed by atoms with Crippen LogP contribution >= 0.6 is 15.9 Å². The minimum Gasteiger partial charge on any atom is -0.324 e. The Hall–Kier alpha value is -0.520. The Morgan fingerprint density at radius 3 is 2.59 bits per heavy atom. The molecule has 0 amide bonds. The van der Waals surface area contributed by atoms with E-state index in [9.17, 15) is 8.78 Å². The molecule has 0 spiro atoms. The van der Waals surface area contributed by atoms with Crippen molar-refractivity contribution in [1.82, 2.24) is 5.32 Å². The zero-order valence-electron chi connectivity index (χ0n) is 9.35. The van der Waals surface area contributed by atoms with Gasteiger partial charge in [-0.15, -0.1) is 0 Å². The molecular formula is C12H15BrF2N2. The zero-order valence-corrected chi connectivity index (χ0v) is 10.9. The Bertz CT molecular complexity index is 406. The molecule has 0 aliphatic carbocycles. The van der Waals surface area contributed by atoms with Gasteiger partial charge in [0.2, 0.25) is 0 Å². The van der Waals surface area contributed by atoms with Crippen LogP contribution in [0, 0.1) is 17.6 Å². The summed E-state index contributed by atoms with van der Waals surface area (Å²) in [4.78, 5) is 0. The van der Waals surface area contributed by atoms with Crippen molar-refractivity contribution in [2.75, 3.05) is 13.1 Å². The Morgan fingerprint density at radius 1 is 1.29 bits per heavy atom. The van der Waals surface area contributed by atoms with Crippen molar-refractivity contribution >= 4 is 15.9 Å². The van der Waals surface area contributed by atoms with Crippen LogP contribution in [-0.2, 0) is 0 Å². The number of halogens is 3. The number of nitrogens with two attached hydrogens (primary N) is 1. The van der Waals surface area contributed by atoms with Gasteiger partial charge in [0, 0.05) is 11.6 Å². The van der Waals surface area contributed by atoms with Gasteiger partial charge < -0.3 is 11.1 Å². The Kier molecular flexibility index (Phi) is 4.12. The van der Waals surface area contributed by atoms with Gasteiger partial charge in [0.15, 0.2) is 0 Å². The zero-order chi connectivity index (χ0) is 12.4. The molecule has 0 bridgehead atoms. The SMILES string of the molecule is N[C@@H](c1c(F)ccc(Br)c1F)C1CCNCC1. The molecular weight excluding hydrogens is 290 g/mol. The average molecular weight is 305 g/mol. The van der Waals surface area contributed by atoms with Gasteiger partial charge in [-0.05, 0) is 59.9 Å². The molecule has 2 nitrogen and oxygen atoms in total. The van der Waals surface area contributed by atoms with Crippen molar-refractivity contribution in [3.8, 4) is 0 Å². The topological polar surface area (TPSA) is 38.0 Å². The maximum absolute atomic E-state index is 13.9. The van der Waals surface area contributed by atoms with E-state index in [0.29, 0.717) is 0 Å². The molecule has 5 heteroatoms. The average Bonchev–Trinajstić information content (AvgIpc) is 2.35. The van der Waals surface area contributed by atoms with Gasteiger partial charge in [-0.2, -0.15) is 0 Å². The van der Waals surface area contributed by atoms with E-state index >= 15 is 0 Å². The molecule has 3 N–H and O–H groups in total. The lowest BCUT2D eigenvalue weighted by atomic mass is 9.86. The molecule has 1 saturated heterocycles. The van der Waals surface area contributed by atoms with Crippen LogP contribution in [0.2, 0.25) is 0 Å². The Morgan fingerprint density at radius 2 is 1.94 bits per heavy atom. The smallest absolute Gasteiger partial charge is 0.145 e. The summed E-state index contributed by atoms with van der Waals surface area (Å²) in [5, 5.41) is 3.21. The Labute approximate surface area is 108 Å². The van der Waals surface area contributed by atoms with Crippen LogP contribution in [0.5, 0.6) is 0 Å².